The molecule has 2 bridgehead atoms. The summed E-state index contributed by atoms with van der Waals surface area (Å²) in [6, 6.07) is 0. The lowest BCUT2D eigenvalue weighted by molar-refractivity contribution is -0.154. The van der Waals surface area contributed by atoms with E-state index in [1.165, 1.54) is 0 Å². The highest BCUT2D eigenvalue weighted by molar-refractivity contribution is 5.98. The Morgan fingerprint density at radius 1 is 1.08 bits per heavy atom. The average molecular weight is 164 g/mol. The summed E-state index contributed by atoms with van der Waals surface area (Å²) in [5, 5.41) is 0. The van der Waals surface area contributed by atoms with Crippen molar-refractivity contribution in [1.82, 2.24) is 0 Å². The number of hydrogen-bond acceptors (Lipinski definition) is 3. The molecule has 3 aliphatic rings. The number of esters is 2. The van der Waals surface area contributed by atoms with Crippen molar-refractivity contribution in [3.05, 3.63) is 12.2 Å². The van der Waals surface area contributed by atoms with Crippen LogP contribution in [0.1, 0.15) is 6.42 Å². The van der Waals surface area contributed by atoms with Crippen molar-refractivity contribution in [1.29, 1.82) is 0 Å². The van der Waals surface area contributed by atoms with Crippen molar-refractivity contribution in [2.24, 2.45) is 23.7 Å². The van der Waals surface area contributed by atoms with Gasteiger partial charge in [-0.3, -0.25) is 9.59 Å². The highest BCUT2D eigenvalue weighted by Gasteiger charge is 2.57. The predicted octanol–water partition coefficient (Wildman–Crippen LogP) is 0.508. The lowest BCUT2D eigenvalue weighted by Crippen LogP contribution is -2.21. The number of rotatable bonds is 0. The third-order valence-corrected chi connectivity index (χ3v) is 3.20. The van der Waals surface area contributed by atoms with E-state index in [-0.39, 0.29) is 35.6 Å². The second-order valence-corrected chi connectivity index (χ2v) is 3.74. The standard InChI is InChI=1S/C9H8O3/c10-8-6-4-1-2-5(3-4)7(6)9(11)12-8/h1-2,4-7H,3H2/t4?,5?,6-,7?/m1/s1. The SMILES string of the molecule is O=C1OC(=O)[C@@H]2C3C=CC(C3)C12. The van der Waals surface area contributed by atoms with Gasteiger partial charge in [0.15, 0.2) is 0 Å². The summed E-state index contributed by atoms with van der Waals surface area (Å²) in [7, 11) is 0. The van der Waals surface area contributed by atoms with E-state index >= 15 is 0 Å². The van der Waals surface area contributed by atoms with E-state index in [1.54, 1.807) is 0 Å². The Morgan fingerprint density at radius 2 is 1.58 bits per heavy atom. The molecular weight excluding hydrogens is 156 g/mol. The first kappa shape index (κ1) is 6.40. The minimum absolute atomic E-state index is 0.146. The van der Waals surface area contributed by atoms with Crippen molar-refractivity contribution in [2.75, 3.05) is 0 Å². The largest absolute Gasteiger partial charge is 0.393 e. The van der Waals surface area contributed by atoms with Crippen molar-refractivity contribution >= 4 is 11.9 Å². The second-order valence-electron chi connectivity index (χ2n) is 3.74. The third-order valence-electron chi connectivity index (χ3n) is 3.20. The van der Waals surface area contributed by atoms with E-state index < -0.39 is 0 Å². The molecule has 1 saturated carbocycles. The molecule has 3 nitrogen and oxygen atoms in total. The van der Waals surface area contributed by atoms with Crippen molar-refractivity contribution in [3.8, 4) is 0 Å². The molecule has 0 aromatic carbocycles. The van der Waals surface area contributed by atoms with Crippen LogP contribution in [0.5, 0.6) is 0 Å². The van der Waals surface area contributed by atoms with Crippen LogP contribution in [0.4, 0.5) is 0 Å². The second kappa shape index (κ2) is 1.79. The lowest BCUT2D eigenvalue weighted by Gasteiger charge is -2.12. The number of allylic oxidation sites excluding steroid dienone is 2. The maximum atomic E-state index is 11.2. The molecule has 3 rings (SSSR count). The Labute approximate surface area is 69.4 Å². The molecule has 3 heteroatoms. The predicted molar refractivity (Wildman–Crippen MR) is 38.8 cm³/mol. The fourth-order valence-electron chi connectivity index (χ4n) is 2.70. The summed E-state index contributed by atoms with van der Waals surface area (Å²) in [4.78, 5) is 22.4. The first-order chi connectivity index (χ1) is 5.77. The van der Waals surface area contributed by atoms with Gasteiger partial charge in [-0.25, -0.2) is 0 Å². The molecule has 0 spiro atoms. The molecule has 1 heterocycles. The number of ether oxygens (including phenoxy) is 1. The monoisotopic (exact) mass is 164 g/mol. The maximum absolute atomic E-state index is 11.2. The molecule has 62 valence electrons. The van der Waals surface area contributed by atoms with Gasteiger partial charge in [-0.1, -0.05) is 12.2 Å². The van der Waals surface area contributed by atoms with E-state index in [0.717, 1.165) is 6.42 Å². The van der Waals surface area contributed by atoms with Crippen LogP contribution < -0.4 is 0 Å². The fraction of sp³-hybridized carbons (Fsp3) is 0.556. The smallest absolute Gasteiger partial charge is 0.318 e. The molecule has 3 unspecified atom stereocenters. The van der Waals surface area contributed by atoms with Gasteiger partial charge in [-0.05, 0) is 18.3 Å². The Kier molecular flexibility index (Phi) is 0.953. The number of carbonyl (C=O) groups is 2. The van der Waals surface area contributed by atoms with Crippen molar-refractivity contribution < 1.29 is 14.3 Å². The Hall–Kier alpha value is -1.12. The van der Waals surface area contributed by atoms with E-state index in [4.69, 9.17) is 0 Å². The van der Waals surface area contributed by atoms with Crippen LogP contribution in [0.2, 0.25) is 0 Å². The minimum atomic E-state index is -0.304. The van der Waals surface area contributed by atoms with Crippen molar-refractivity contribution in [3.63, 3.8) is 0 Å². The summed E-state index contributed by atoms with van der Waals surface area (Å²) >= 11 is 0. The van der Waals surface area contributed by atoms with Gasteiger partial charge in [0.25, 0.3) is 0 Å². The first-order valence-electron chi connectivity index (χ1n) is 4.21. The van der Waals surface area contributed by atoms with Gasteiger partial charge < -0.3 is 4.74 Å². The molecule has 1 aliphatic heterocycles. The van der Waals surface area contributed by atoms with Gasteiger partial charge >= 0.3 is 11.9 Å². The molecule has 2 aliphatic carbocycles. The van der Waals surface area contributed by atoms with Gasteiger partial charge in [-0.2, -0.15) is 0 Å². The van der Waals surface area contributed by atoms with Crippen LogP contribution in [0.3, 0.4) is 0 Å². The summed E-state index contributed by atoms with van der Waals surface area (Å²) in [6.45, 7) is 0. The van der Waals surface area contributed by atoms with Crippen LogP contribution in [0, 0.1) is 23.7 Å². The number of fused-ring (bicyclic) bond motifs is 5. The number of cyclic esters (lactones) is 2. The van der Waals surface area contributed by atoms with Gasteiger partial charge in [0.2, 0.25) is 0 Å². The molecule has 0 N–H and O–H groups in total. The quantitative estimate of drug-likeness (QED) is 0.297. The Bertz CT molecular complexity index is 277. The molecule has 4 atom stereocenters. The Morgan fingerprint density at radius 3 is 2.08 bits per heavy atom. The summed E-state index contributed by atoms with van der Waals surface area (Å²) in [5.41, 5.74) is 0. The third kappa shape index (κ3) is 0.543. The Balaban J connectivity index is 2.08. The molecule has 0 aromatic heterocycles. The number of carbonyl (C=O) groups excluding carboxylic acids is 2. The normalized spacial score (nSPS) is 48.3. The zero-order chi connectivity index (χ0) is 8.29. The molecule has 0 aromatic rings. The highest BCUT2D eigenvalue weighted by Crippen LogP contribution is 2.51. The van der Waals surface area contributed by atoms with E-state index in [1.807, 2.05) is 12.2 Å². The van der Waals surface area contributed by atoms with Crippen LogP contribution >= 0.6 is 0 Å². The highest BCUT2D eigenvalue weighted by atomic mass is 16.6. The maximum Gasteiger partial charge on any atom is 0.318 e. The topological polar surface area (TPSA) is 43.4 Å². The molecular formula is C9H8O3. The van der Waals surface area contributed by atoms with E-state index in [2.05, 4.69) is 4.74 Å². The molecule has 1 saturated heterocycles. The van der Waals surface area contributed by atoms with Crippen molar-refractivity contribution in [2.45, 2.75) is 6.42 Å². The lowest BCUT2D eigenvalue weighted by atomic mass is 9.85. The fourth-order valence-corrected chi connectivity index (χ4v) is 2.70. The van der Waals surface area contributed by atoms with E-state index in [9.17, 15) is 9.59 Å². The van der Waals surface area contributed by atoms with Gasteiger partial charge in [0.1, 0.15) is 0 Å². The molecule has 2 fully saturated rings. The van der Waals surface area contributed by atoms with E-state index in [0.29, 0.717) is 0 Å². The van der Waals surface area contributed by atoms with Crippen LogP contribution in [0.25, 0.3) is 0 Å². The minimum Gasteiger partial charge on any atom is -0.393 e. The molecule has 0 radical (unpaired) electrons. The van der Waals surface area contributed by atoms with Gasteiger partial charge in [-0.15, -0.1) is 0 Å². The summed E-state index contributed by atoms with van der Waals surface area (Å²) in [5.74, 6) is -0.346. The van der Waals surface area contributed by atoms with Gasteiger partial charge in [0, 0.05) is 0 Å². The van der Waals surface area contributed by atoms with Crippen LogP contribution in [-0.4, -0.2) is 11.9 Å². The van der Waals surface area contributed by atoms with Gasteiger partial charge in [0.05, 0.1) is 11.8 Å². The molecule has 12 heavy (non-hydrogen) atoms. The first-order valence-corrected chi connectivity index (χ1v) is 4.21. The number of hydrogen-bond donors (Lipinski definition) is 0. The zero-order valence-corrected chi connectivity index (χ0v) is 6.40. The summed E-state index contributed by atoms with van der Waals surface area (Å²) < 4.78 is 4.59. The summed E-state index contributed by atoms with van der Waals surface area (Å²) in [6.07, 6.45) is 5.06. The zero-order valence-electron chi connectivity index (χ0n) is 6.40. The average Bonchev–Trinajstić information content (AvgIpc) is 2.64. The van der Waals surface area contributed by atoms with Crippen LogP contribution in [0.15, 0.2) is 12.2 Å². The van der Waals surface area contributed by atoms with Crippen LogP contribution in [-0.2, 0) is 14.3 Å². The molecule has 0 amide bonds.